The molecule has 1 saturated heterocycles. The quantitative estimate of drug-likeness (QED) is 0.924. The van der Waals surface area contributed by atoms with Crippen LogP contribution in [0.5, 0.6) is 0 Å². The number of carboxylic acids is 1. The molecule has 0 spiro atoms. The zero-order valence-corrected chi connectivity index (χ0v) is 14.0. The van der Waals surface area contributed by atoms with Gasteiger partial charge in [0.2, 0.25) is 5.43 Å². The van der Waals surface area contributed by atoms with E-state index >= 15 is 0 Å². The molecule has 25 heavy (non-hydrogen) atoms. The molecule has 0 amide bonds. The Morgan fingerprint density at radius 3 is 2.48 bits per heavy atom. The third kappa shape index (κ3) is 3.79. The minimum Gasteiger partial charge on any atom is -0.477 e. The summed E-state index contributed by atoms with van der Waals surface area (Å²) in [4.78, 5) is 24.0. The summed E-state index contributed by atoms with van der Waals surface area (Å²) in [6.45, 7) is 4.07. The Kier molecular flexibility index (Phi) is 4.72. The zero-order chi connectivity index (χ0) is 18.0. The molecule has 132 valence electrons. The van der Waals surface area contributed by atoms with E-state index in [-0.39, 0.29) is 16.5 Å². The molecule has 5 nitrogen and oxygen atoms in total. The maximum Gasteiger partial charge on any atom is 0.341 e. The van der Waals surface area contributed by atoms with Crippen molar-refractivity contribution in [3.63, 3.8) is 0 Å². The van der Waals surface area contributed by atoms with Crippen molar-refractivity contribution in [2.24, 2.45) is 5.41 Å². The van der Waals surface area contributed by atoms with E-state index in [0.29, 0.717) is 25.3 Å². The number of benzene rings is 1. The first-order valence-electron chi connectivity index (χ1n) is 8.19. The molecule has 0 unspecified atom stereocenters. The number of carbonyl (C=O) groups is 1. The molecule has 2 aromatic rings. The van der Waals surface area contributed by atoms with Gasteiger partial charge < -0.3 is 14.4 Å². The van der Waals surface area contributed by atoms with E-state index in [1.54, 1.807) is 10.8 Å². The van der Waals surface area contributed by atoms with Gasteiger partial charge in [0.15, 0.2) is 0 Å². The topological polar surface area (TPSA) is 68.5 Å². The summed E-state index contributed by atoms with van der Waals surface area (Å²) in [7, 11) is 0. The Morgan fingerprint density at radius 1 is 1.24 bits per heavy atom. The molecule has 0 radical (unpaired) electrons. The summed E-state index contributed by atoms with van der Waals surface area (Å²) in [5.74, 6) is -1.67. The van der Waals surface area contributed by atoms with Crippen LogP contribution in [0.1, 0.15) is 30.1 Å². The second-order valence-electron chi connectivity index (χ2n) is 6.82. The van der Waals surface area contributed by atoms with Crippen LogP contribution in [0, 0.1) is 11.2 Å². The van der Waals surface area contributed by atoms with E-state index in [1.807, 2.05) is 0 Å². The molecule has 0 bridgehead atoms. The van der Waals surface area contributed by atoms with Gasteiger partial charge in [0.25, 0.3) is 0 Å². The number of ether oxygens (including phenoxy) is 1. The van der Waals surface area contributed by atoms with Crippen molar-refractivity contribution in [2.45, 2.75) is 26.3 Å². The number of hydrogen-bond donors (Lipinski definition) is 1. The van der Waals surface area contributed by atoms with Gasteiger partial charge in [-0.1, -0.05) is 19.1 Å². The Balaban J connectivity index is 2.05. The highest BCUT2D eigenvalue weighted by atomic mass is 19.1. The molecule has 1 aliphatic heterocycles. The van der Waals surface area contributed by atoms with Crippen LogP contribution in [0.4, 0.5) is 4.39 Å². The Labute approximate surface area is 144 Å². The molecule has 1 aromatic carbocycles. The fourth-order valence-electron chi connectivity index (χ4n) is 3.17. The van der Waals surface area contributed by atoms with Crippen LogP contribution in [0.25, 0.3) is 11.1 Å². The van der Waals surface area contributed by atoms with E-state index in [1.165, 1.54) is 30.5 Å². The maximum atomic E-state index is 13.2. The highest BCUT2D eigenvalue weighted by Crippen LogP contribution is 2.32. The minimum absolute atomic E-state index is 0.0246. The van der Waals surface area contributed by atoms with Crippen LogP contribution >= 0.6 is 0 Å². The fourth-order valence-corrected chi connectivity index (χ4v) is 3.17. The lowest BCUT2D eigenvalue weighted by atomic mass is 9.82. The van der Waals surface area contributed by atoms with Gasteiger partial charge >= 0.3 is 5.97 Å². The first-order valence-corrected chi connectivity index (χ1v) is 8.19. The van der Waals surface area contributed by atoms with Crippen LogP contribution in [-0.4, -0.2) is 28.9 Å². The highest BCUT2D eigenvalue weighted by Gasteiger charge is 2.28. The number of pyridine rings is 1. The number of halogens is 1. The number of hydrogen-bond acceptors (Lipinski definition) is 3. The molecule has 6 heteroatoms. The van der Waals surface area contributed by atoms with Gasteiger partial charge in [-0.25, -0.2) is 9.18 Å². The SMILES string of the molecule is CC1(Cn2cc(C(=O)O)c(=O)c(-c3ccc(F)cc3)c2)CCOCC1. The van der Waals surface area contributed by atoms with Crippen molar-refractivity contribution in [3.8, 4) is 11.1 Å². The molecule has 2 heterocycles. The van der Waals surface area contributed by atoms with Crippen LogP contribution in [0.3, 0.4) is 0 Å². The van der Waals surface area contributed by atoms with Gasteiger partial charge in [0.1, 0.15) is 11.4 Å². The highest BCUT2D eigenvalue weighted by molar-refractivity contribution is 5.88. The summed E-state index contributed by atoms with van der Waals surface area (Å²) in [6.07, 6.45) is 4.78. The lowest BCUT2D eigenvalue weighted by molar-refractivity contribution is 0.0154. The minimum atomic E-state index is -1.26. The first kappa shape index (κ1) is 17.4. The molecule has 1 aromatic heterocycles. The zero-order valence-electron chi connectivity index (χ0n) is 14.0. The normalized spacial score (nSPS) is 16.6. The van der Waals surface area contributed by atoms with Crippen molar-refractivity contribution in [3.05, 3.63) is 58.3 Å². The van der Waals surface area contributed by atoms with E-state index in [0.717, 1.165) is 12.8 Å². The van der Waals surface area contributed by atoms with Crippen LogP contribution in [0.2, 0.25) is 0 Å². The molecule has 1 aliphatic rings. The first-order chi connectivity index (χ1) is 11.9. The lowest BCUT2D eigenvalue weighted by Crippen LogP contribution is -2.32. The van der Waals surface area contributed by atoms with E-state index < -0.39 is 17.2 Å². The molecular formula is C19H20FNO4. The average molecular weight is 345 g/mol. The van der Waals surface area contributed by atoms with Gasteiger partial charge in [-0.2, -0.15) is 0 Å². The molecule has 1 fully saturated rings. The van der Waals surface area contributed by atoms with Crippen molar-refractivity contribution >= 4 is 5.97 Å². The number of rotatable bonds is 4. The Morgan fingerprint density at radius 2 is 1.88 bits per heavy atom. The second kappa shape index (κ2) is 6.80. The summed E-state index contributed by atoms with van der Waals surface area (Å²) >= 11 is 0. The number of nitrogens with zero attached hydrogens (tertiary/aromatic N) is 1. The molecule has 0 saturated carbocycles. The van der Waals surface area contributed by atoms with Gasteiger partial charge in [0.05, 0.1) is 0 Å². The molecular weight excluding hydrogens is 325 g/mol. The van der Waals surface area contributed by atoms with Crippen molar-refractivity contribution in [1.82, 2.24) is 4.57 Å². The second-order valence-corrected chi connectivity index (χ2v) is 6.82. The fraction of sp³-hybridized carbons (Fsp3) is 0.368. The molecule has 1 N–H and O–H groups in total. The van der Waals surface area contributed by atoms with Crippen LogP contribution < -0.4 is 5.43 Å². The van der Waals surface area contributed by atoms with E-state index in [9.17, 15) is 19.1 Å². The van der Waals surface area contributed by atoms with Gasteiger partial charge in [-0.05, 0) is 36.0 Å². The predicted octanol–water partition coefficient (Wildman–Crippen LogP) is 3.17. The molecule has 0 aliphatic carbocycles. The van der Waals surface area contributed by atoms with Gasteiger partial charge in [-0.3, -0.25) is 4.79 Å². The number of aromatic carboxylic acids is 1. The van der Waals surface area contributed by atoms with Gasteiger partial charge in [0, 0.05) is 37.7 Å². The maximum absolute atomic E-state index is 13.2. The van der Waals surface area contributed by atoms with E-state index in [2.05, 4.69) is 6.92 Å². The standard InChI is InChI=1S/C19H20FNO4/c1-19(6-8-25-9-7-19)12-21-10-15(13-2-4-14(20)5-3-13)17(22)16(11-21)18(23)24/h2-5,10-11H,6-9,12H2,1H3,(H,23,24). The van der Waals surface area contributed by atoms with Crippen LogP contribution in [-0.2, 0) is 11.3 Å². The summed E-state index contributed by atoms with van der Waals surface area (Å²) in [5, 5.41) is 9.38. The molecule has 3 rings (SSSR count). The van der Waals surface area contributed by atoms with E-state index in [4.69, 9.17) is 4.74 Å². The van der Waals surface area contributed by atoms with Crippen molar-refractivity contribution in [2.75, 3.05) is 13.2 Å². The third-order valence-corrected chi connectivity index (χ3v) is 4.73. The smallest absolute Gasteiger partial charge is 0.341 e. The average Bonchev–Trinajstić information content (AvgIpc) is 2.57. The van der Waals surface area contributed by atoms with Crippen molar-refractivity contribution < 1.29 is 19.0 Å². The van der Waals surface area contributed by atoms with Crippen LogP contribution in [0.15, 0.2) is 41.5 Å². The Bertz CT molecular complexity index is 835. The lowest BCUT2D eigenvalue weighted by Gasteiger charge is -2.34. The summed E-state index contributed by atoms with van der Waals surface area (Å²) < 4.78 is 20.3. The predicted molar refractivity (Wildman–Crippen MR) is 91.2 cm³/mol. The summed E-state index contributed by atoms with van der Waals surface area (Å²) in [6, 6.07) is 5.48. The summed E-state index contributed by atoms with van der Waals surface area (Å²) in [5.41, 5.74) is -0.107. The monoisotopic (exact) mass is 345 g/mol. The molecule has 0 atom stereocenters. The van der Waals surface area contributed by atoms with Gasteiger partial charge in [-0.15, -0.1) is 0 Å². The Hall–Kier alpha value is -2.47. The van der Waals surface area contributed by atoms with Crippen molar-refractivity contribution in [1.29, 1.82) is 0 Å². The number of aromatic nitrogens is 1. The third-order valence-electron chi connectivity index (χ3n) is 4.73. The largest absolute Gasteiger partial charge is 0.477 e. The number of carboxylic acid groups (broad SMARTS) is 1.